The summed E-state index contributed by atoms with van der Waals surface area (Å²) in [5, 5.41) is 4.03. The van der Waals surface area contributed by atoms with Gasteiger partial charge in [0.1, 0.15) is 11.6 Å². The minimum absolute atomic E-state index is 0.135. The second-order valence-corrected chi connectivity index (χ2v) is 4.63. The molecular weight excluding hydrogens is 261 g/mol. The molecule has 0 fully saturated rings. The summed E-state index contributed by atoms with van der Waals surface area (Å²) in [6.07, 6.45) is 0.820. The van der Waals surface area contributed by atoms with Gasteiger partial charge in [-0.15, -0.1) is 0 Å². The molecule has 0 amide bonds. The van der Waals surface area contributed by atoms with Crippen LogP contribution in [0, 0.1) is 5.82 Å². The van der Waals surface area contributed by atoms with E-state index in [2.05, 4.69) is 14.7 Å². The van der Waals surface area contributed by atoms with Crippen LogP contribution in [-0.4, -0.2) is 9.36 Å². The van der Waals surface area contributed by atoms with Crippen LogP contribution in [0.25, 0.3) is 0 Å². The van der Waals surface area contributed by atoms with Crippen LogP contribution >= 0.6 is 23.1 Å². The highest BCUT2D eigenvalue weighted by Gasteiger charge is 2.03. The van der Waals surface area contributed by atoms with Gasteiger partial charge < -0.3 is 5.32 Å². The first-order valence-corrected chi connectivity index (χ1v) is 6.34. The van der Waals surface area contributed by atoms with Gasteiger partial charge in [0, 0.05) is 24.5 Å². The summed E-state index contributed by atoms with van der Waals surface area (Å²) >= 11 is 7.02. The van der Waals surface area contributed by atoms with E-state index in [0.717, 1.165) is 22.9 Å². The zero-order valence-corrected chi connectivity index (χ0v) is 10.8. The lowest BCUT2D eigenvalue weighted by molar-refractivity contribution is 0.627. The number of anilines is 1. The second-order valence-electron chi connectivity index (χ2n) is 3.47. The van der Waals surface area contributed by atoms with Crippen molar-refractivity contribution in [2.24, 2.45) is 0 Å². The molecule has 90 valence electrons. The number of rotatable bonds is 4. The Morgan fingerprint density at radius 2 is 2.29 bits per heavy atom. The van der Waals surface area contributed by atoms with Crippen molar-refractivity contribution in [3.63, 3.8) is 0 Å². The number of nitrogens with one attached hydrogen (secondary N) is 1. The molecule has 0 radical (unpaired) electrons. The molecule has 0 atom stereocenters. The van der Waals surface area contributed by atoms with Crippen molar-refractivity contribution < 1.29 is 4.39 Å². The van der Waals surface area contributed by atoms with Crippen molar-refractivity contribution >= 4 is 28.3 Å². The fourth-order valence-electron chi connectivity index (χ4n) is 1.30. The van der Waals surface area contributed by atoms with E-state index in [0.29, 0.717) is 6.54 Å². The SMILES string of the molecule is CCc1nsc(NCc2ccc(F)c(Cl)c2)n1. The van der Waals surface area contributed by atoms with Crippen molar-refractivity contribution in [2.75, 3.05) is 5.32 Å². The van der Waals surface area contributed by atoms with Crippen LogP contribution in [0.3, 0.4) is 0 Å². The van der Waals surface area contributed by atoms with Crippen molar-refractivity contribution in [1.29, 1.82) is 0 Å². The Labute approximate surface area is 108 Å². The summed E-state index contributed by atoms with van der Waals surface area (Å²) in [4.78, 5) is 4.27. The highest BCUT2D eigenvalue weighted by molar-refractivity contribution is 7.09. The average Bonchev–Trinajstić information content (AvgIpc) is 2.79. The van der Waals surface area contributed by atoms with Crippen LogP contribution < -0.4 is 5.32 Å². The summed E-state index contributed by atoms with van der Waals surface area (Å²) in [6, 6.07) is 4.65. The van der Waals surface area contributed by atoms with Gasteiger partial charge in [-0.05, 0) is 17.7 Å². The molecule has 2 aromatic rings. The Hall–Kier alpha value is -1.20. The second kappa shape index (κ2) is 5.42. The van der Waals surface area contributed by atoms with Gasteiger partial charge in [-0.1, -0.05) is 24.6 Å². The molecule has 1 N–H and O–H groups in total. The van der Waals surface area contributed by atoms with E-state index in [-0.39, 0.29) is 5.02 Å². The summed E-state index contributed by atoms with van der Waals surface area (Å²) in [5.74, 6) is 0.425. The van der Waals surface area contributed by atoms with E-state index in [1.54, 1.807) is 12.1 Å². The minimum Gasteiger partial charge on any atom is -0.356 e. The van der Waals surface area contributed by atoms with Crippen molar-refractivity contribution in [3.8, 4) is 0 Å². The predicted octanol–water partition coefficient (Wildman–Crippen LogP) is 3.51. The largest absolute Gasteiger partial charge is 0.356 e. The predicted molar refractivity (Wildman–Crippen MR) is 68.0 cm³/mol. The number of benzene rings is 1. The standard InChI is InChI=1S/C11H11ClFN3S/c1-2-10-15-11(17-16-10)14-6-7-3-4-9(13)8(12)5-7/h3-5H,2,6H2,1H3,(H,14,15,16). The Kier molecular flexibility index (Phi) is 3.91. The summed E-state index contributed by atoms with van der Waals surface area (Å²) < 4.78 is 17.1. The third-order valence-corrected chi connectivity index (χ3v) is 3.21. The fourth-order valence-corrected chi connectivity index (χ4v) is 2.14. The Morgan fingerprint density at radius 3 is 2.94 bits per heavy atom. The molecule has 0 aliphatic rings. The molecule has 1 aromatic heterocycles. The van der Waals surface area contributed by atoms with E-state index < -0.39 is 5.82 Å². The summed E-state index contributed by atoms with van der Waals surface area (Å²) in [7, 11) is 0. The molecule has 0 aliphatic heterocycles. The fraction of sp³-hybridized carbons (Fsp3) is 0.273. The molecule has 0 saturated carbocycles. The normalized spacial score (nSPS) is 10.5. The molecule has 2 rings (SSSR count). The van der Waals surface area contributed by atoms with E-state index in [1.807, 2.05) is 6.92 Å². The molecule has 0 spiro atoms. The number of halogens is 2. The maximum Gasteiger partial charge on any atom is 0.202 e. The summed E-state index contributed by atoms with van der Waals surface area (Å²) in [5.41, 5.74) is 0.907. The highest BCUT2D eigenvalue weighted by atomic mass is 35.5. The third-order valence-electron chi connectivity index (χ3n) is 2.21. The van der Waals surface area contributed by atoms with Crippen LogP contribution in [-0.2, 0) is 13.0 Å². The zero-order valence-electron chi connectivity index (χ0n) is 9.20. The first-order chi connectivity index (χ1) is 8.19. The van der Waals surface area contributed by atoms with Gasteiger partial charge in [-0.3, -0.25) is 0 Å². The number of aryl methyl sites for hydroxylation is 1. The molecule has 0 saturated heterocycles. The van der Waals surface area contributed by atoms with Crippen LogP contribution in [0.1, 0.15) is 18.3 Å². The maximum absolute atomic E-state index is 12.9. The Balaban J connectivity index is 1.99. The minimum atomic E-state index is -0.403. The molecule has 0 unspecified atom stereocenters. The van der Waals surface area contributed by atoms with Gasteiger partial charge in [-0.25, -0.2) is 9.37 Å². The number of nitrogens with zero attached hydrogens (tertiary/aromatic N) is 2. The first kappa shape index (κ1) is 12.3. The monoisotopic (exact) mass is 271 g/mol. The van der Waals surface area contributed by atoms with Gasteiger partial charge in [0.15, 0.2) is 0 Å². The first-order valence-electron chi connectivity index (χ1n) is 5.19. The smallest absolute Gasteiger partial charge is 0.202 e. The van der Waals surface area contributed by atoms with Gasteiger partial charge in [-0.2, -0.15) is 4.37 Å². The van der Waals surface area contributed by atoms with Gasteiger partial charge >= 0.3 is 0 Å². The van der Waals surface area contributed by atoms with E-state index in [1.165, 1.54) is 17.6 Å². The van der Waals surface area contributed by atoms with Crippen LogP contribution in [0.2, 0.25) is 5.02 Å². The van der Waals surface area contributed by atoms with Gasteiger partial charge in [0.2, 0.25) is 5.13 Å². The number of aromatic nitrogens is 2. The van der Waals surface area contributed by atoms with E-state index in [9.17, 15) is 4.39 Å². The van der Waals surface area contributed by atoms with Gasteiger partial charge in [0.05, 0.1) is 5.02 Å². The molecule has 1 aromatic carbocycles. The van der Waals surface area contributed by atoms with Crippen LogP contribution in [0.15, 0.2) is 18.2 Å². The van der Waals surface area contributed by atoms with Gasteiger partial charge in [0.25, 0.3) is 0 Å². The third kappa shape index (κ3) is 3.14. The number of hydrogen-bond donors (Lipinski definition) is 1. The van der Waals surface area contributed by atoms with E-state index >= 15 is 0 Å². The van der Waals surface area contributed by atoms with E-state index in [4.69, 9.17) is 11.6 Å². The molecule has 1 heterocycles. The average molecular weight is 272 g/mol. The van der Waals surface area contributed by atoms with Crippen LogP contribution in [0.4, 0.5) is 9.52 Å². The lowest BCUT2D eigenvalue weighted by atomic mass is 10.2. The molecule has 3 nitrogen and oxygen atoms in total. The maximum atomic E-state index is 12.9. The van der Waals surface area contributed by atoms with Crippen molar-refractivity contribution in [2.45, 2.75) is 19.9 Å². The molecule has 0 aliphatic carbocycles. The topological polar surface area (TPSA) is 37.8 Å². The van der Waals surface area contributed by atoms with Crippen LogP contribution in [0.5, 0.6) is 0 Å². The molecule has 0 bridgehead atoms. The molecule has 6 heteroatoms. The van der Waals surface area contributed by atoms with Crippen molar-refractivity contribution in [1.82, 2.24) is 9.36 Å². The lowest BCUT2D eigenvalue weighted by Gasteiger charge is -2.03. The lowest BCUT2D eigenvalue weighted by Crippen LogP contribution is -1.99. The quantitative estimate of drug-likeness (QED) is 0.925. The molecular formula is C11H11ClFN3S. The Bertz CT molecular complexity index is 515. The Morgan fingerprint density at radius 1 is 1.47 bits per heavy atom. The molecule has 17 heavy (non-hydrogen) atoms. The van der Waals surface area contributed by atoms with Crippen molar-refractivity contribution in [3.05, 3.63) is 40.4 Å². The number of hydrogen-bond acceptors (Lipinski definition) is 4. The zero-order chi connectivity index (χ0) is 12.3. The summed E-state index contributed by atoms with van der Waals surface area (Å²) in [6.45, 7) is 2.56. The highest BCUT2D eigenvalue weighted by Crippen LogP contribution is 2.18.